The van der Waals surface area contributed by atoms with E-state index in [-0.39, 0.29) is 11.9 Å². The predicted molar refractivity (Wildman–Crippen MR) is 108 cm³/mol. The maximum absolute atomic E-state index is 12.3. The highest BCUT2D eigenvalue weighted by Crippen LogP contribution is 2.23. The Hall–Kier alpha value is -1.45. The average Bonchev–Trinajstić information content (AvgIpc) is 2.60. The van der Waals surface area contributed by atoms with Crippen molar-refractivity contribution in [3.8, 4) is 0 Å². The van der Waals surface area contributed by atoms with Gasteiger partial charge in [-0.25, -0.2) is 0 Å². The van der Waals surface area contributed by atoms with Crippen molar-refractivity contribution in [1.29, 1.82) is 0 Å². The molecule has 1 amide bonds. The van der Waals surface area contributed by atoms with Crippen molar-refractivity contribution in [2.24, 2.45) is 5.92 Å². The normalized spacial score (nSPS) is 12.2. The lowest BCUT2D eigenvalue weighted by Crippen LogP contribution is -2.29. The molecule has 2 aromatic rings. The van der Waals surface area contributed by atoms with E-state index in [2.05, 4.69) is 31.3 Å². The van der Waals surface area contributed by atoms with Gasteiger partial charge >= 0.3 is 0 Å². The lowest BCUT2D eigenvalue weighted by molar-refractivity contribution is -0.121. The Morgan fingerprint density at radius 1 is 1.08 bits per heavy atom. The van der Waals surface area contributed by atoms with E-state index < -0.39 is 0 Å². The van der Waals surface area contributed by atoms with Crippen LogP contribution in [-0.4, -0.2) is 11.7 Å². The molecule has 1 N–H and O–H groups in total. The molecule has 4 heteroatoms. The van der Waals surface area contributed by atoms with Gasteiger partial charge in [0.05, 0.1) is 6.04 Å². The van der Waals surface area contributed by atoms with Gasteiger partial charge in [-0.2, -0.15) is 0 Å². The largest absolute Gasteiger partial charge is 0.349 e. The van der Waals surface area contributed by atoms with Crippen LogP contribution in [0.15, 0.2) is 59.5 Å². The topological polar surface area (TPSA) is 29.1 Å². The molecular formula is C21H26ClNOS. The molecule has 2 rings (SSSR count). The number of rotatable bonds is 9. The molecule has 0 saturated carbocycles. The summed E-state index contributed by atoms with van der Waals surface area (Å²) in [6.07, 6.45) is 2.37. The van der Waals surface area contributed by atoms with Gasteiger partial charge in [-0.05, 0) is 54.3 Å². The van der Waals surface area contributed by atoms with Gasteiger partial charge < -0.3 is 5.32 Å². The van der Waals surface area contributed by atoms with Crippen LogP contribution >= 0.6 is 23.4 Å². The molecule has 2 aromatic carbocycles. The molecule has 25 heavy (non-hydrogen) atoms. The Bertz CT molecular complexity index is 643. The van der Waals surface area contributed by atoms with Gasteiger partial charge in [0, 0.05) is 16.3 Å². The van der Waals surface area contributed by atoms with E-state index in [1.54, 1.807) is 11.8 Å². The number of carbonyl (C=O) groups is 1. The molecule has 0 aromatic heterocycles. The van der Waals surface area contributed by atoms with Crippen LogP contribution < -0.4 is 5.32 Å². The summed E-state index contributed by atoms with van der Waals surface area (Å²) in [4.78, 5) is 13.5. The number of amides is 1. The van der Waals surface area contributed by atoms with Gasteiger partial charge in [-0.3, -0.25) is 4.79 Å². The van der Waals surface area contributed by atoms with Crippen LogP contribution in [0, 0.1) is 5.92 Å². The zero-order valence-electron chi connectivity index (χ0n) is 14.9. The highest BCUT2D eigenvalue weighted by molar-refractivity contribution is 7.99. The Morgan fingerprint density at radius 3 is 2.40 bits per heavy atom. The minimum atomic E-state index is 0.0950. The minimum Gasteiger partial charge on any atom is -0.349 e. The first-order valence-electron chi connectivity index (χ1n) is 8.77. The maximum atomic E-state index is 12.3. The molecule has 0 aliphatic rings. The van der Waals surface area contributed by atoms with E-state index in [4.69, 9.17) is 11.6 Å². The molecule has 2 nitrogen and oxygen atoms in total. The van der Waals surface area contributed by atoms with Gasteiger partial charge in [-0.15, -0.1) is 11.8 Å². The van der Waals surface area contributed by atoms with Crippen molar-refractivity contribution < 1.29 is 4.79 Å². The fourth-order valence-electron chi connectivity index (χ4n) is 2.66. The number of halogens is 1. The number of hydrogen-bond donors (Lipinski definition) is 1. The van der Waals surface area contributed by atoms with E-state index in [0.717, 1.165) is 23.6 Å². The standard InChI is InChI=1S/C21H26ClNOS/c1-16(2)15-20(17-7-4-3-5-8-17)23-21(24)9-6-14-25-19-12-10-18(22)11-13-19/h3-5,7-8,10-13,16,20H,6,9,14-15H2,1-2H3,(H,23,24). The van der Waals surface area contributed by atoms with Crippen molar-refractivity contribution in [3.63, 3.8) is 0 Å². The molecule has 0 aliphatic carbocycles. The average molecular weight is 376 g/mol. The van der Waals surface area contributed by atoms with Crippen LogP contribution in [0.5, 0.6) is 0 Å². The summed E-state index contributed by atoms with van der Waals surface area (Å²) < 4.78 is 0. The summed E-state index contributed by atoms with van der Waals surface area (Å²) in [6, 6.07) is 18.1. The predicted octanol–water partition coefficient (Wildman–Crippen LogP) is 6.12. The summed E-state index contributed by atoms with van der Waals surface area (Å²) >= 11 is 7.65. The smallest absolute Gasteiger partial charge is 0.220 e. The second-order valence-electron chi connectivity index (χ2n) is 6.57. The van der Waals surface area contributed by atoms with Crippen molar-refractivity contribution in [2.45, 2.75) is 44.0 Å². The summed E-state index contributed by atoms with van der Waals surface area (Å²) in [7, 11) is 0. The highest BCUT2D eigenvalue weighted by atomic mass is 35.5. The second kappa shape index (κ2) is 10.5. The number of nitrogens with one attached hydrogen (secondary N) is 1. The number of thioether (sulfide) groups is 1. The Labute approximate surface area is 160 Å². The van der Waals surface area contributed by atoms with Crippen LogP contribution in [0.2, 0.25) is 5.02 Å². The second-order valence-corrected chi connectivity index (χ2v) is 8.17. The molecule has 0 spiro atoms. The quantitative estimate of drug-likeness (QED) is 0.422. The molecular weight excluding hydrogens is 350 g/mol. The Morgan fingerprint density at radius 2 is 1.76 bits per heavy atom. The van der Waals surface area contributed by atoms with Crippen LogP contribution in [0.25, 0.3) is 0 Å². The first-order chi connectivity index (χ1) is 12.0. The Kier molecular flexibility index (Phi) is 8.36. The molecule has 0 bridgehead atoms. The van der Waals surface area contributed by atoms with Gasteiger partial charge in [-0.1, -0.05) is 55.8 Å². The highest BCUT2D eigenvalue weighted by Gasteiger charge is 2.15. The van der Waals surface area contributed by atoms with Crippen molar-refractivity contribution in [2.75, 3.05) is 5.75 Å². The summed E-state index contributed by atoms with van der Waals surface area (Å²) in [5, 5.41) is 3.96. The number of hydrogen-bond acceptors (Lipinski definition) is 2. The Balaban J connectivity index is 1.77. The molecule has 0 saturated heterocycles. The van der Waals surface area contributed by atoms with E-state index in [9.17, 15) is 4.79 Å². The van der Waals surface area contributed by atoms with E-state index >= 15 is 0 Å². The third kappa shape index (κ3) is 7.54. The fraction of sp³-hybridized carbons (Fsp3) is 0.381. The maximum Gasteiger partial charge on any atom is 0.220 e. The summed E-state index contributed by atoms with van der Waals surface area (Å²) in [5.41, 5.74) is 1.18. The molecule has 0 heterocycles. The minimum absolute atomic E-state index is 0.0950. The van der Waals surface area contributed by atoms with E-state index in [1.807, 2.05) is 42.5 Å². The van der Waals surface area contributed by atoms with Crippen LogP contribution in [0.4, 0.5) is 0 Å². The van der Waals surface area contributed by atoms with Gasteiger partial charge in [0.25, 0.3) is 0 Å². The monoisotopic (exact) mass is 375 g/mol. The van der Waals surface area contributed by atoms with Crippen molar-refractivity contribution in [3.05, 3.63) is 65.2 Å². The lowest BCUT2D eigenvalue weighted by atomic mass is 9.97. The zero-order valence-corrected chi connectivity index (χ0v) is 16.4. The molecule has 0 fully saturated rings. The number of carbonyl (C=O) groups excluding carboxylic acids is 1. The third-order valence-corrected chi connectivity index (χ3v) is 5.23. The van der Waals surface area contributed by atoms with E-state index in [1.165, 1.54) is 10.5 Å². The van der Waals surface area contributed by atoms with Crippen molar-refractivity contribution >= 4 is 29.3 Å². The van der Waals surface area contributed by atoms with Crippen LogP contribution in [0.1, 0.15) is 44.7 Å². The van der Waals surface area contributed by atoms with Gasteiger partial charge in [0.1, 0.15) is 0 Å². The van der Waals surface area contributed by atoms with E-state index in [0.29, 0.717) is 12.3 Å². The summed E-state index contributed by atoms with van der Waals surface area (Å²) in [5.74, 6) is 1.59. The zero-order chi connectivity index (χ0) is 18.1. The van der Waals surface area contributed by atoms with Crippen molar-refractivity contribution in [1.82, 2.24) is 5.32 Å². The molecule has 1 atom stereocenters. The fourth-order valence-corrected chi connectivity index (χ4v) is 3.63. The van der Waals surface area contributed by atoms with Crippen LogP contribution in [-0.2, 0) is 4.79 Å². The van der Waals surface area contributed by atoms with Crippen LogP contribution in [0.3, 0.4) is 0 Å². The third-order valence-electron chi connectivity index (χ3n) is 3.87. The van der Waals surface area contributed by atoms with Gasteiger partial charge in [0.2, 0.25) is 5.91 Å². The molecule has 0 radical (unpaired) electrons. The van der Waals surface area contributed by atoms with Gasteiger partial charge in [0.15, 0.2) is 0 Å². The number of benzene rings is 2. The first kappa shape index (κ1) is 19.9. The molecule has 0 aliphatic heterocycles. The molecule has 134 valence electrons. The lowest BCUT2D eigenvalue weighted by Gasteiger charge is -2.21. The molecule has 1 unspecified atom stereocenters. The SMILES string of the molecule is CC(C)CC(NC(=O)CCCSc1ccc(Cl)cc1)c1ccccc1. The summed E-state index contributed by atoms with van der Waals surface area (Å²) in [6.45, 7) is 4.37. The first-order valence-corrected chi connectivity index (χ1v) is 10.1.